The van der Waals surface area contributed by atoms with Crippen LogP contribution in [0.2, 0.25) is 0 Å². The summed E-state index contributed by atoms with van der Waals surface area (Å²) in [7, 11) is 0. The van der Waals surface area contributed by atoms with Crippen molar-refractivity contribution in [2.75, 3.05) is 0 Å². The molecular weight excluding hydrogens is 364 g/mol. The third-order valence-electron chi connectivity index (χ3n) is 5.46. The smallest absolute Gasteiger partial charge is 0.217 e. The van der Waals surface area contributed by atoms with Gasteiger partial charge in [-0.15, -0.1) is 0 Å². The molecule has 0 radical (unpaired) electrons. The number of allylic oxidation sites excluding steroid dienone is 2. The van der Waals surface area contributed by atoms with E-state index in [-0.39, 0.29) is 35.0 Å². The fourth-order valence-electron chi connectivity index (χ4n) is 3.60. The number of Topliss-reactive ketones (excluding diaryl/α,β-unsaturated/α-hetero) is 1. The van der Waals surface area contributed by atoms with Crippen LogP contribution in [-0.2, 0) is 17.6 Å². The van der Waals surface area contributed by atoms with E-state index in [1.54, 1.807) is 0 Å². The minimum absolute atomic E-state index is 0.158. The van der Waals surface area contributed by atoms with Crippen molar-refractivity contribution in [2.45, 2.75) is 52.4 Å². The summed E-state index contributed by atoms with van der Waals surface area (Å²) in [6, 6.07) is 7.94. The van der Waals surface area contributed by atoms with Gasteiger partial charge in [-0.3, -0.25) is 9.59 Å². The van der Waals surface area contributed by atoms with E-state index in [0.29, 0.717) is 12.8 Å². The fourth-order valence-corrected chi connectivity index (χ4v) is 3.60. The fraction of sp³-hybridized carbons (Fsp3) is 0.391. The molecule has 0 atom stereocenters. The number of hydrogen-bond acceptors (Lipinski definition) is 4. The van der Waals surface area contributed by atoms with Crippen LogP contribution in [0.4, 0.5) is 0 Å². The summed E-state index contributed by atoms with van der Waals surface area (Å²) in [5.74, 6) is -0.283. The average molecular weight is 390 g/mol. The molecule has 3 N–H and O–H groups in total. The topological polar surface area (TPSA) is 113 Å². The van der Waals surface area contributed by atoms with Crippen LogP contribution in [0, 0.1) is 16.7 Å². The Labute approximate surface area is 170 Å². The number of nitrogens with zero attached hydrogens (tertiary/aromatic N) is 2. The lowest BCUT2D eigenvalue weighted by Crippen LogP contribution is -2.15. The van der Waals surface area contributed by atoms with Gasteiger partial charge in [0.2, 0.25) is 11.7 Å². The molecular formula is C23H26N4O2. The number of carbonyl (C=O) groups is 2. The molecule has 0 saturated carbocycles. The summed E-state index contributed by atoms with van der Waals surface area (Å²) in [4.78, 5) is 30.6. The predicted octanol–water partition coefficient (Wildman–Crippen LogP) is 3.72. The van der Waals surface area contributed by atoms with Crippen molar-refractivity contribution in [3.8, 4) is 6.07 Å². The third-order valence-corrected chi connectivity index (χ3v) is 5.46. The van der Waals surface area contributed by atoms with Crippen LogP contribution in [0.5, 0.6) is 0 Å². The van der Waals surface area contributed by atoms with Gasteiger partial charge in [-0.05, 0) is 53.4 Å². The molecule has 0 aliphatic heterocycles. The van der Waals surface area contributed by atoms with E-state index in [0.717, 1.165) is 36.0 Å². The number of H-pyrrole nitrogens is 1. The number of nitrogens with one attached hydrogen (secondary N) is 1. The Morgan fingerprint density at radius 1 is 1.34 bits per heavy atom. The molecule has 2 aromatic rings. The van der Waals surface area contributed by atoms with Crippen LogP contribution >= 0.6 is 0 Å². The second-order valence-corrected chi connectivity index (χ2v) is 8.41. The van der Waals surface area contributed by atoms with E-state index < -0.39 is 0 Å². The van der Waals surface area contributed by atoms with Gasteiger partial charge in [0.05, 0.1) is 6.20 Å². The highest BCUT2D eigenvalue weighted by molar-refractivity contribution is 5.95. The number of nitrogens with two attached hydrogens (primary N) is 1. The van der Waals surface area contributed by atoms with Crippen LogP contribution < -0.4 is 5.73 Å². The zero-order valence-corrected chi connectivity index (χ0v) is 16.9. The van der Waals surface area contributed by atoms with Crippen LogP contribution in [-0.4, -0.2) is 21.7 Å². The lowest BCUT2D eigenvalue weighted by Gasteiger charge is -2.29. The second-order valence-electron chi connectivity index (χ2n) is 8.41. The molecule has 6 heteroatoms. The molecule has 3 rings (SSSR count). The van der Waals surface area contributed by atoms with Crippen molar-refractivity contribution in [2.24, 2.45) is 11.1 Å². The average Bonchev–Trinajstić information content (AvgIpc) is 3.17. The number of carbonyl (C=O) groups excluding carboxylic acids is 2. The molecule has 1 amide bonds. The van der Waals surface area contributed by atoms with Gasteiger partial charge in [0.15, 0.2) is 5.82 Å². The molecule has 0 saturated heterocycles. The zero-order chi connectivity index (χ0) is 21.0. The van der Waals surface area contributed by atoms with Crippen LogP contribution in [0.15, 0.2) is 30.5 Å². The number of aromatic nitrogens is 2. The number of imidazole rings is 1. The van der Waals surface area contributed by atoms with Gasteiger partial charge < -0.3 is 10.7 Å². The van der Waals surface area contributed by atoms with Gasteiger partial charge in [-0.1, -0.05) is 38.1 Å². The number of aryl methyl sites for hydroxylation is 1. The molecule has 1 aliphatic carbocycles. The summed E-state index contributed by atoms with van der Waals surface area (Å²) >= 11 is 0. The zero-order valence-electron chi connectivity index (χ0n) is 16.9. The molecule has 0 spiro atoms. The van der Waals surface area contributed by atoms with Crippen molar-refractivity contribution in [3.63, 3.8) is 0 Å². The molecule has 0 bridgehead atoms. The largest absolute Gasteiger partial charge is 0.370 e. The van der Waals surface area contributed by atoms with Crippen molar-refractivity contribution >= 4 is 17.3 Å². The van der Waals surface area contributed by atoms with E-state index in [1.807, 2.05) is 18.2 Å². The maximum atomic E-state index is 12.7. The Morgan fingerprint density at radius 3 is 2.76 bits per heavy atom. The van der Waals surface area contributed by atoms with Crippen LogP contribution in [0.1, 0.15) is 72.5 Å². The van der Waals surface area contributed by atoms with Crippen molar-refractivity contribution in [1.29, 1.82) is 5.26 Å². The number of nitriles is 1. The SMILES string of the molecule is CC1(C)CC=C(c2cc(CCC(N)=O)ccc2CC(=O)c2ncc(C#N)[nH]2)CC1. The van der Waals surface area contributed by atoms with Gasteiger partial charge in [-0.25, -0.2) is 4.98 Å². The molecule has 0 fully saturated rings. The number of aromatic amines is 1. The summed E-state index contributed by atoms with van der Waals surface area (Å²) in [6.45, 7) is 4.52. The highest BCUT2D eigenvalue weighted by Crippen LogP contribution is 2.39. The third kappa shape index (κ3) is 5.20. The Hall–Kier alpha value is -3.20. The Balaban J connectivity index is 1.90. The minimum Gasteiger partial charge on any atom is -0.370 e. The van der Waals surface area contributed by atoms with Gasteiger partial charge in [-0.2, -0.15) is 5.26 Å². The van der Waals surface area contributed by atoms with Gasteiger partial charge in [0, 0.05) is 12.8 Å². The number of benzene rings is 1. The van der Waals surface area contributed by atoms with Crippen LogP contribution in [0.25, 0.3) is 5.57 Å². The van der Waals surface area contributed by atoms with E-state index >= 15 is 0 Å². The molecule has 1 heterocycles. The standard InChI is InChI=1S/C23H26N4O2/c1-23(2)9-7-16(8-10-23)19-11-15(4-6-21(25)29)3-5-17(19)12-20(28)22-26-14-18(13-24)27-22/h3,5,7,11,14H,4,6,8-10,12H2,1-2H3,(H2,25,29)(H,26,27). The molecule has 29 heavy (non-hydrogen) atoms. The Kier molecular flexibility index (Phi) is 5.97. The van der Waals surface area contributed by atoms with E-state index in [2.05, 4.69) is 36.0 Å². The normalized spacial score (nSPS) is 15.4. The number of rotatable bonds is 7. The van der Waals surface area contributed by atoms with Crippen molar-refractivity contribution in [1.82, 2.24) is 9.97 Å². The number of hydrogen-bond donors (Lipinski definition) is 2. The summed E-state index contributed by atoms with van der Waals surface area (Å²) in [5.41, 5.74) is 10.1. The van der Waals surface area contributed by atoms with Crippen LogP contribution in [0.3, 0.4) is 0 Å². The van der Waals surface area contributed by atoms with E-state index in [4.69, 9.17) is 11.0 Å². The van der Waals surface area contributed by atoms with Gasteiger partial charge in [0.1, 0.15) is 11.8 Å². The summed E-state index contributed by atoms with van der Waals surface area (Å²) < 4.78 is 0. The lowest BCUT2D eigenvalue weighted by molar-refractivity contribution is -0.117. The Morgan fingerprint density at radius 2 is 2.14 bits per heavy atom. The molecule has 1 aromatic heterocycles. The first-order chi connectivity index (χ1) is 13.8. The molecule has 150 valence electrons. The van der Waals surface area contributed by atoms with E-state index in [9.17, 15) is 9.59 Å². The highest BCUT2D eigenvalue weighted by atomic mass is 16.1. The van der Waals surface area contributed by atoms with Gasteiger partial charge >= 0.3 is 0 Å². The molecule has 1 aliphatic rings. The maximum Gasteiger partial charge on any atom is 0.217 e. The first-order valence-electron chi connectivity index (χ1n) is 9.85. The molecule has 1 aromatic carbocycles. The monoisotopic (exact) mass is 390 g/mol. The minimum atomic E-state index is -0.324. The second kappa shape index (κ2) is 8.44. The first-order valence-corrected chi connectivity index (χ1v) is 9.85. The summed E-state index contributed by atoms with van der Waals surface area (Å²) in [6.07, 6.45) is 7.74. The van der Waals surface area contributed by atoms with Crippen molar-refractivity contribution < 1.29 is 9.59 Å². The maximum absolute atomic E-state index is 12.7. The number of ketones is 1. The predicted molar refractivity (Wildman–Crippen MR) is 111 cm³/mol. The highest BCUT2D eigenvalue weighted by Gasteiger charge is 2.24. The molecule has 6 nitrogen and oxygen atoms in total. The van der Waals surface area contributed by atoms with Gasteiger partial charge in [0.25, 0.3) is 0 Å². The van der Waals surface area contributed by atoms with E-state index in [1.165, 1.54) is 11.8 Å². The van der Waals surface area contributed by atoms with Crippen molar-refractivity contribution in [3.05, 3.63) is 58.7 Å². The number of amides is 1. The number of primary amides is 1. The quantitative estimate of drug-likeness (QED) is 0.702. The molecule has 0 unspecified atom stereocenters. The summed E-state index contributed by atoms with van der Waals surface area (Å²) in [5, 5.41) is 8.93. The Bertz CT molecular complexity index is 1010. The lowest BCUT2D eigenvalue weighted by atomic mass is 9.76. The first kappa shape index (κ1) is 20.5.